The first-order valence-corrected chi connectivity index (χ1v) is 7.96. The molecule has 0 fully saturated rings. The topological polar surface area (TPSA) is 46.9 Å². The molecule has 1 aromatic carbocycles. The summed E-state index contributed by atoms with van der Waals surface area (Å²) in [5, 5.41) is 7.57. The molecule has 0 radical (unpaired) electrons. The summed E-state index contributed by atoms with van der Waals surface area (Å²) in [6, 6.07) is 5.79. The fourth-order valence-corrected chi connectivity index (χ4v) is 2.71. The number of carbonyl (C=O) groups is 1. The van der Waals surface area contributed by atoms with Crippen LogP contribution in [0.5, 0.6) is 0 Å². The fraction of sp³-hybridized carbons (Fsp3) is 0.412. The van der Waals surface area contributed by atoms with Crippen LogP contribution in [0.15, 0.2) is 24.3 Å². The van der Waals surface area contributed by atoms with E-state index in [4.69, 9.17) is 11.6 Å². The molecule has 1 N–H and O–H groups in total. The van der Waals surface area contributed by atoms with Gasteiger partial charge in [-0.05, 0) is 37.5 Å². The molecule has 0 saturated heterocycles. The number of hydrogen-bond donors (Lipinski definition) is 1. The van der Waals surface area contributed by atoms with Crippen molar-refractivity contribution in [1.29, 1.82) is 0 Å². The van der Waals surface area contributed by atoms with E-state index in [1.54, 1.807) is 23.7 Å². The van der Waals surface area contributed by atoms with Crippen LogP contribution >= 0.6 is 11.6 Å². The van der Waals surface area contributed by atoms with E-state index in [1.807, 2.05) is 6.92 Å². The molecule has 0 aliphatic carbocycles. The van der Waals surface area contributed by atoms with Gasteiger partial charge in [-0.15, -0.1) is 0 Å². The van der Waals surface area contributed by atoms with Crippen molar-refractivity contribution in [3.63, 3.8) is 0 Å². The number of hydrogen-bond acceptors (Lipinski definition) is 2. The minimum atomic E-state index is -0.305. The van der Waals surface area contributed by atoms with Gasteiger partial charge < -0.3 is 5.32 Å². The maximum atomic E-state index is 13.0. The van der Waals surface area contributed by atoms with E-state index < -0.39 is 0 Å². The molecular formula is C17H21ClFN3O. The summed E-state index contributed by atoms with van der Waals surface area (Å²) >= 11 is 6.31. The highest BCUT2D eigenvalue weighted by atomic mass is 35.5. The zero-order valence-corrected chi connectivity index (χ0v) is 14.5. The van der Waals surface area contributed by atoms with Crippen LogP contribution in [-0.2, 0) is 6.54 Å². The average molecular weight is 338 g/mol. The predicted octanol–water partition coefficient (Wildman–Crippen LogP) is 4.13. The Bertz CT molecular complexity index is 695. The van der Waals surface area contributed by atoms with E-state index in [2.05, 4.69) is 24.3 Å². The summed E-state index contributed by atoms with van der Waals surface area (Å²) in [5.41, 5.74) is 1.81. The number of nitrogens with zero attached hydrogens (tertiary/aromatic N) is 2. The predicted molar refractivity (Wildman–Crippen MR) is 89.1 cm³/mol. The number of aryl methyl sites for hydroxylation is 1. The minimum Gasteiger partial charge on any atom is -0.345 e. The average Bonchev–Trinajstić information content (AvgIpc) is 2.73. The van der Waals surface area contributed by atoms with E-state index in [9.17, 15) is 9.18 Å². The van der Waals surface area contributed by atoms with Crippen molar-refractivity contribution in [1.82, 2.24) is 15.1 Å². The van der Waals surface area contributed by atoms with E-state index in [1.165, 1.54) is 12.1 Å². The summed E-state index contributed by atoms with van der Waals surface area (Å²) < 4.78 is 14.6. The van der Waals surface area contributed by atoms with Crippen LogP contribution in [0, 0.1) is 18.7 Å². The second kappa shape index (κ2) is 7.13. The van der Waals surface area contributed by atoms with E-state index in [0.29, 0.717) is 28.9 Å². The molecule has 1 heterocycles. The lowest BCUT2D eigenvalue weighted by Gasteiger charge is -2.14. The SMILES string of the molecule is Cc1nn(CC(C)C)c(Cl)c1C(=O)NC(C)c1ccc(F)cc1. The molecule has 2 aromatic rings. The number of carbonyl (C=O) groups excluding carboxylic acids is 1. The van der Waals surface area contributed by atoms with Crippen molar-refractivity contribution in [3.05, 3.63) is 52.1 Å². The number of rotatable bonds is 5. The molecule has 1 amide bonds. The van der Waals surface area contributed by atoms with Gasteiger partial charge >= 0.3 is 0 Å². The minimum absolute atomic E-state index is 0.257. The highest BCUT2D eigenvalue weighted by molar-refractivity contribution is 6.33. The second-order valence-electron chi connectivity index (χ2n) is 6.07. The van der Waals surface area contributed by atoms with Gasteiger partial charge in [-0.25, -0.2) is 4.39 Å². The smallest absolute Gasteiger partial charge is 0.256 e. The van der Waals surface area contributed by atoms with Gasteiger partial charge in [0.05, 0.1) is 17.3 Å². The number of amides is 1. The number of aromatic nitrogens is 2. The number of halogens is 2. The Kier molecular flexibility index (Phi) is 5.42. The molecule has 0 aliphatic rings. The van der Waals surface area contributed by atoms with Crippen LogP contribution in [0.4, 0.5) is 4.39 Å². The molecule has 6 heteroatoms. The van der Waals surface area contributed by atoms with Gasteiger partial charge in [0.1, 0.15) is 11.0 Å². The number of benzene rings is 1. The molecule has 1 unspecified atom stereocenters. The van der Waals surface area contributed by atoms with Crippen LogP contribution in [0.3, 0.4) is 0 Å². The van der Waals surface area contributed by atoms with Crippen molar-refractivity contribution in [2.45, 2.75) is 40.3 Å². The Hall–Kier alpha value is -1.88. The molecule has 1 atom stereocenters. The van der Waals surface area contributed by atoms with E-state index in [0.717, 1.165) is 5.56 Å². The molecule has 124 valence electrons. The van der Waals surface area contributed by atoms with Crippen molar-refractivity contribution >= 4 is 17.5 Å². The normalized spacial score (nSPS) is 12.5. The summed E-state index contributed by atoms with van der Waals surface area (Å²) in [7, 11) is 0. The van der Waals surface area contributed by atoms with E-state index in [-0.39, 0.29) is 17.8 Å². The van der Waals surface area contributed by atoms with Crippen molar-refractivity contribution in [3.8, 4) is 0 Å². The Labute approximate surface area is 140 Å². The highest BCUT2D eigenvalue weighted by Crippen LogP contribution is 2.22. The molecule has 4 nitrogen and oxygen atoms in total. The Balaban J connectivity index is 2.17. The van der Waals surface area contributed by atoms with E-state index >= 15 is 0 Å². The van der Waals surface area contributed by atoms with Crippen LogP contribution in [-0.4, -0.2) is 15.7 Å². The van der Waals surface area contributed by atoms with Gasteiger partial charge in [0, 0.05) is 6.54 Å². The molecule has 23 heavy (non-hydrogen) atoms. The molecule has 0 bridgehead atoms. The standard InChI is InChI=1S/C17H21ClFN3O/c1-10(2)9-22-16(18)15(12(4)21-22)17(23)20-11(3)13-5-7-14(19)8-6-13/h5-8,10-11H,9H2,1-4H3,(H,20,23). The fourth-order valence-electron chi connectivity index (χ4n) is 2.38. The zero-order chi connectivity index (χ0) is 17.1. The van der Waals surface area contributed by atoms with Gasteiger partial charge in [0.2, 0.25) is 0 Å². The maximum absolute atomic E-state index is 13.0. The van der Waals surface area contributed by atoms with Crippen LogP contribution in [0.2, 0.25) is 5.15 Å². The quantitative estimate of drug-likeness (QED) is 0.891. The first-order chi connectivity index (χ1) is 10.8. The largest absolute Gasteiger partial charge is 0.345 e. The Morgan fingerprint density at radius 2 is 1.91 bits per heavy atom. The van der Waals surface area contributed by atoms with Crippen molar-refractivity contribution < 1.29 is 9.18 Å². The van der Waals surface area contributed by atoms with Gasteiger partial charge in [0.25, 0.3) is 5.91 Å². The lowest BCUT2D eigenvalue weighted by molar-refractivity contribution is 0.0939. The summed E-state index contributed by atoms with van der Waals surface area (Å²) in [5.74, 6) is -0.207. The van der Waals surface area contributed by atoms with Crippen LogP contribution in [0.25, 0.3) is 0 Å². The van der Waals surface area contributed by atoms with Gasteiger partial charge in [-0.2, -0.15) is 5.10 Å². The molecule has 1 aromatic heterocycles. The molecule has 2 rings (SSSR count). The van der Waals surface area contributed by atoms with Gasteiger partial charge in [-0.3, -0.25) is 9.48 Å². The lowest BCUT2D eigenvalue weighted by Crippen LogP contribution is -2.27. The monoisotopic (exact) mass is 337 g/mol. The third kappa shape index (κ3) is 4.10. The second-order valence-corrected chi connectivity index (χ2v) is 6.43. The van der Waals surface area contributed by atoms with Gasteiger partial charge in [0.15, 0.2) is 0 Å². The lowest BCUT2D eigenvalue weighted by atomic mass is 10.1. The van der Waals surface area contributed by atoms with Crippen LogP contribution in [0.1, 0.15) is 48.4 Å². The zero-order valence-electron chi connectivity index (χ0n) is 13.7. The third-order valence-corrected chi connectivity index (χ3v) is 3.93. The number of nitrogens with one attached hydrogen (secondary N) is 1. The molecule has 0 saturated carbocycles. The first kappa shape index (κ1) is 17.5. The first-order valence-electron chi connectivity index (χ1n) is 7.58. The molecule has 0 spiro atoms. The highest BCUT2D eigenvalue weighted by Gasteiger charge is 2.22. The molecular weight excluding hydrogens is 317 g/mol. The Morgan fingerprint density at radius 3 is 2.48 bits per heavy atom. The van der Waals surface area contributed by atoms with Crippen LogP contribution < -0.4 is 5.32 Å². The summed E-state index contributed by atoms with van der Waals surface area (Å²) in [4.78, 5) is 12.5. The Morgan fingerprint density at radius 1 is 1.30 bits per heavy atom. The van der Waals surface area contributed by atoms with Gasteiger partial charge in [-0.1, -0.05) is 37.6 Å². The van der Waals surface area contributed by atoms with Crippen molar-refractivity contribution in [2.24, 2.45) is 5.92 Å². The summed E-state index contributed by atoms with van der Waals surface area (Å²) in [6.45, 7) is 8.38. The summed E-state index contributed by atoms with van der Waals surface area (Å²) in [6.07, 6.45) is 0. The molecule has 0 aliphatic heterocycles. The maximum Gasteiger partial charge on any atom is 0.256 e. The third-order valence-electron chi connectivity index (χ3n) is 3.55. The van der Waals surface area contributed by atoms with Crippen molar-refractivity contribution in [2.75, 3.05) is 0 Å².